The van der Waals surface area contributed by atoms with Crippen LogP contribution < -0.4 is 5.73 Å². The van der Waals surface area contributed by atoms with E-state index in [9.17, 15) is 5.11 Å². The van der Waals surface area contributed by atoms with Crippen LogP contribution in [-0.4, -0.2) is 17.3 Å². The van der Waals surface area contributed by atoms with Crippen molar-refractivity contribution in [2.75, 3.05) is 0 Å². The Labute approximate surface area is 55.1 Å². The standard InChI is InChI=1S/C7H13NO/c8-5-4-7(6(5)9)2-1-3-7/h5-6,9H,1-4,8H2. The molecule has 2 aliphatic carbocycles. The topological polar surface area (TPSA) is 46.2 Å². The highest BCUT2D eigenvalue weighted by molar-refractivity contribution is 5.08. The van der Waals surface area contributed by atoms with Gasteiger partial charge >= 0.3 is 0 Å². The molecule has 2 rings (SSSR count). The molecule has 2 saturated carbocycles. The maximum Gasteiger partial charge on any atom is 0.0747 e. The van der Waals surface area contributed by atoms with Crippen LogP contribution in [0, 0.1) is 5.41 Å². The lowest BCUT2D eigenvalue weighted by Gasteiger charge is -2.57. The first-order chi connectivity index (χ1) is 4.25. The van der Waals surface area contributed by atoms with E-state index in [2.05, 4.69) is 0 Å². The summed E-state index contributed by atoms with van der Waals surface area (Å²) in [5.41, 5.74) is 5.86. The quantitative estimate of drug-likeness (QED) is 0.490. The summed E-state index contributed by atoms with van der Waals surface area (Å²) in [5, 5.41) is 9.36. The van der Waals surface area contributed by atoms with Crippen LogP contribution in [0.25, 0.3) is 0 Å². The number of hydrogen-bond donors (Lipinski definition) is 2. The van der Waals surface area contributed by atoms with Crippen LogP contribution in [0.1, 0.15) is 25.7 Å². The molecule has 0 aromatic carbocycles. The Kier molecular flexibility index (Phi) is 0.945. The summed E-state index contributed by atoms with van der Waals surface area (Å²) in [6.45, 7) is 0. The monoisotopic (exact) mass is 127 g/mol. The highest BCUT2D eigenvalue weighted by Gasteiger charge is 2.54. The van der Waals surface area contributed by atoms with Crippen molar-refractivity contribution in [1.82, 2.24) is 0 Å². The molecule has 0 bridgehead atoms. The Morgan fingerprint density at radius 2 is 2.11 bits per heavy atom. The van der Waals surface area contributed by atoms with Crippen LogP contribution in [0.3, 0.4) is 0 Å². The molecule has 2 fully saturated rings. The van der Waals surface area contributed by atoms with E-state index in [-0.39, 0.29) is 12.1 Å². The largest absolute Gasteiger partial charge is 0.391 e. The summed E-state index contributed by atoms with van der Waals surface area (Å²) < 4.78 is 0. The second-order valence-electron chi connectivity index (χ2n) is 3.53. The number of aliphatic hydroxyl groups is 1. The van der Waals surface area contributed by atoms with Crippen LogP contribution in [0.15, 0.2) is 0 Å². The van der Waals surface area contributed by atoms with Crippen molar-refractivity contribution in [3.05, 3.63) is 0 Å². The summed E-state index contributed by atoms with van der Waals surface area (Å²) in [6.07, 6.45) is 4.60. The van der Waals surface area contributed by atoms with E-state index in [1.807, 2.05) is 0 Å². The van der Waals surface area contributed by atoms with Gasteiger partial charge in [-0.05, 0) is 24.7 Å². The predicted molar refractivity (Wildman–Crippen MR) is 34.9 cm³/mol. The number of aliphatic hydroxyl groups excluding tert-OH is 1. The van der Waals surface area contributed by atoms with Gasteiger partial charge in [-0.3, -0.25) is 0 Å². The first kappa shape index (κ1) is 5.69. The molecule has 0 heterocycles. The Morgan fingerprint density at radius 1 is 1.44 bits per heavy atom. The zero-order chi connectivity index (χ0) is 6.48. The van der Waals surface area contributed by atoms with Gasteiger partial charge in [0, 0.05) is 6.04 Å². The highest BCUT2D eigenvalue weighted by Crippen LogP contribution is 2.55. The van der Waals surface area contributed by atoms with Crippen molar-refractivity contribution < 1.29 is 5.11 Å². The summed E-state index contributed by atoms with van der Waals surface area (Å²) >= 11 is 0. The Balaban J connectivity index is 2.02. The summed E-state index contributed by atoms with van der Waals surface area (Å²) in [6, 6.07) is 0.0882. The molecule has 0 radical (unpaired) electrons. The van der Waals surface area contributed by atoms with Gasteiger partial charge in [0.25, 0.3) is 0 Å². The second-order valence-corrected chi connectivity index (χ2v) is 3.53. The van der Waals surface area contributed by atoms with Gasteiger partial charge in [0.05, 0.1) is 6.10 Å². The van der Waals surface area contributed by atoms with E-state index in [0.29, 0.717) is 5.41 Å². The molecule has 0 saturated heterocycles. The lowest BCUT2D eigenvalue weighted by molar-refractivity contribution is -0.131. The molecule has 2 unspecified atom stereocenters. The van der Waals surface area contributed by atoms with Crippen molar-refractivity contribution in [2.24, 2.45) is 11.1 Å². The first-order valence-corrected chi connectivity index (χ1v) is 3.68. The highest BCUT2D eigenvalue weighted by atomic mass is 16.3. The van der Waals surface area contributed by atoms with E-state index in [0.717, 1.165) is 6.42 Å². The Morgan fingerprint density at radius 3 is 2.22 bits per heavy atom. The Hall–Kier alpha value is -0.0800. The maximum absolute atomic E-state index is 9.36. The Bertz CT molecular complexity index is 131. The van der Waals surface area contributed by atoms with Gasteiger partial charge in [-0.2, -0.15) is 0 Å². The minimum atomic E-state index is -0.175. The third-order valence-electron chi connectivity index (χ3n) is 3.02. The fraction of sp³-hybridized carbons (Fsp3) is 1.00. The van der Waals surface area contributed by atoms with E-state index in [1.165, 1.54) is 19.3 Å². The van der Waals surface area contributed by atoms with Crippen molar-refractivity contribution in [2.45, 2.75) is 37.8 Å². The number of rotatable bonds is 0. The zero-order valence-corrected chi connectivity index (χ0v) is 5.51. The van der Waals surface area contributed by atoms with Gasteiger partial charge in [0.2, 0.25) is 0 Å². The van der Waals surface area contributed by atoms with E-state index in [4.69, 9.17) is 5.73 Å². The normalized spacial score (nSPS) is 46.0. The number of nitrogens with two attached hydrogens (primary N) is 1. The fourth-order valence-corrected chi connectivity index (χ4v) is 2.13. The van der Waals surface area contributed by atoms with Gasteiger partial charge in [-0.25, -0.2) is 0 Å². The van der Waals surface area contributed by atoms with Crippen LogP contribution in [-0.2, 0) is 0 Å². The lowest BCUT2D eigenvalue weighted by atomic mass is 9.52. The zero-order valence-electron chi connectivity index (χ0n) is 5.51. The predicted octanol–water partition coefficient (Wildman–Crippen LogP) is 0.249. The average molecular weight is 127 g/mol. The van der Waals surface area contributed by atoms with E-state index in [1.54, 1.807) is 0 Å². The molecular weight excluding hydrogens is 114 g/mol. The van der Waals surface area contributed by atoms with Crippen molar-refractivity contribution in [3.63, 3.8) is 0 Å². The van der Waals surface area contributed by atoms with Gasteiger partial charge in [0.15, 0.2) is 0 Å². The van der Waals surface area contributed by atoms with Crippen LogP contribution in [0.2, 0.25) is 0 Å². The molecular formula is C7H13NO. The molecule has 2 aliphatic rings. The number of hydrogen-bond acceptors (Lipinski definition) is 2. The summed E-state index contributed by atoms with van der Waals surface area (Å²) in [7, 11) is 0. The molecule has 0 amide bonds. The SMILES string of the molecule is NC1CC2(CCC2)C1O. The molecule has 2 atom stereocenters. The van der Waals surface area contributed by atoms with E-state index >= 15 is 0 Å². The minimum absolute atomic E-state index is 0.0882. The molecule has 0 aliphatic heterocycles. The molecule has 52 valence electrons. The molecule has 0 aromatic heterocycles. The minimum Gasteiger partial charge on any atom is -0.391 e. The third-order valence-corrected chi connectivity index (χ3v) is 3.02. The second kappa shape index (κ2) is 1.50. The van der Waals surface area contributed by atoms with Gasteiger partial charge in [0.1, 0.15) is 0 Å². The lowest BCUT2D eigenvalue weighted by Crippen LogP contribution is -2.63. The fourth-order valence-electron chi connectivity index (χ4n) is 2.13. The van der Waals surface area contributed by atoms with Gasteiger partial charge < -0.3 is 10.8 Å². The maximum atomic E-state index is 9.36. The molecule has 9 heavy (non-hydrogen) atoms. The molecule has 0 aromatic rings. The molecule has 2 nitrogen and oxygen atoms in total. The third kappa shape index (κ3) is 0.528. The molecule has 3 N–H and O–H groups in total. The molecule has 1 spiro atoms. The van der Waals surface area contributed by atoms with Crippen LogP contribution in [0.4, 0.5) is 0 Å². The van der Waals surface area contributed by atoms with Crippen molar-refractivity contribution >= 4 is 0 Å². The van der Waals surface area contributed by atoms with E-state index < -0.39 is 0 Å². The smallest absolute Gasteiger partial charge is 0.0747 e. The molecule has 2 heteroatoms. The van der Waals surface area contributed by atoms with Crippen LogP contribution >= 0.6 is 0 Å². The first-order valence-electron chi connectivity index (χ1n) is 3.68. The van der Waals surface area contributed by atoms with Crippen molar-refractivity contribution in [1.29, 1.82) is 0 Å². The summed E-state index contributed by atoms with van der Waals surface area (Å²) in [5.74, 6) is 0. The van der Waals surface area contributed by atoms with Crippen molar-refractivity contribution in [3.8, 4) is 0 Å². The average Bonchev–Trinajstić information content (AvgIpc) is 1.77. The summed E-state index contributed by atoms with van der Waals surface area (Å²) in [4.78, 5) is 0. The van der Waals surface area contributed by atoms with Gasteiger partial charge in [-0.15, -0.1) is 0 Å². The van der Waals surface area contributed by atoms with Gasteiger partial charge in [-0.1, -0.05) is 6.42 Å². The van der Waals surface area contributed by atoms with Crippen LogP contribution in [0.5, 0.6) is 0 Å².